The van der Waals surface area contributed by atoms with E-state index in [4.69, 9.17) is 4.74 Å². The van der Waals surface area contributed by atoms with Gasteiger partial charge < -0.3 is 15.0 Å². The molecule has 3 nitrogen and oxygen atoms in total. The molecule has 1 aliphatic heterocycles. The summed E-state index contributed by atoms with van der Waals surface area (Å²) in [5.41, 5.74) is 0. The van der Waals surface area contributed by atoms with Gasteiger partial charge in [0.2, 0.25) is 0 Å². The molecule has 1 N–H and O–H groups in total. The molecule has 3 heteroatoms. The van der Waals surface area contributed by atoms with Crippen molar-refractivity contribution in [2.75, 3.05) is 20.1 Å². The molecule has 2 rings (SSSR count). The first-order valence-electron chi connectivity index (χ1n) is 8.24. The largest absolute Gasteiger partial charge is 0.372 e. The Morgan fingerprint density at radius 2 is 1.74 bits per heavy atom. The Balaban J connectivity index is 1.66. The predicted molar refractivity (Wildman–Crippen MR) is 80.5 cm³/mol. The van der Waals surface area contributed by atoms with E-state index in [-0.39, 0.29) is 0 Å². The Labute approximate surface area is 119 Å². The highest BCUT2D eigenvalue weighted by Gasteiger charge is 2.28. The lowest BCUT2D eigenvalue weighted by molar-refractivity contribution is 0.0165. The molecule has 1 aliphatic carbocycles. The van der Waals surface area contributed by atoms with Crippen LogP contribution in [0.25, 0.3) is 0 Å². The van der Waals surface area contributed by atoms with E-state index >= 15 is 0 Å². The molecule has 0 aromatic rings. The van der Waals surface area contributed by atoms with Gasteiger partial charge in [0.1, 0.15) is 0 Å². The Morgan fingerprint density at radius 3 is 2.42 bits per heavy atom. The summed E-state index contributed by atoms with van der Waals surface area (Å²) in [4.78, 5) is 2.56. The lowest BCUT2D eigenvalue weighted by Gasteiger charge is -2.32. The number of hydrogen-bond acceptors (Lipinski definition) is 3. The Bertz CT molecular complexity index is 251. The predicted octanol–water partition coefficient (Wildman–Crippen LogP) is 2.80. The van der Waals surface area contributed by atoms with Crippen molar-refractivity contribution in [1.29, 1.82) is 0 Å². The molecule has 1 saturated carbocycles. The lowest BCUT2D eigenvalue weighted by atomic mass is 9.94. The standard InChI is InChI=1S/C16H32N2O/c1-13(2)17-11-15-9-10-16(19-15)12-18(3)14-7-5-4-6-8-14/h13-17H,4-12H2,1-3H3. The van der Waals surface area contributed by atoms with Crippen molar-refractivity contribution in [3.05, 3.63) is 0 Å². The minimum atomic E-state index is 0.437. The van der Waals surface area contributed by atoms with Crippen molar-refractivity contribution in [3.8, 4) is 0 Å². The smallest absolute Gasteiger partial charge is 0.0707 e. The second-order valence-electron chi connectivity index (χ2n) is 6.75. The molecule has 0 radical (unpaired) electrons. The van der Waals surface area contributed by atoms with Crippen molar-refractivity contribution in [2.24, 2.45) is 0 Å². The molecule has 0 aromatic carbocycles. The van der Waals surface area contributed by atoms with Crippen LogP contribution in [0.5, 0.6) is 0 Å². The lowest BCUT2D eigenvalue weighted by Crippen LogP contribution is -2.39. The third-order valence-electron chi connectivity index (χ3n) is 4.64. The van der Waals surface area contributed by atoms with Crippen LogP contribution in [0, 0.1) is 0 Å². The quantitative estimate of drug-likeness (QED) is 0.801. The van der Waals surface area contributed by atoms with Crippen LogP contribution in [0.1, 0.15) is 58.8 Å². The highest BCUT2D eigenvalue weighted by Crippen LogP contribution is 2.25. The van der Waals surface area contributed by atoms with Crippen molar-refractivity contribution < 1.29 is 4.74 Å². The van der Waals surface area contributed by atoms with Crippen LogP contribution in [0.2, 0.25) is 0 Å². The van der Waals surface area contributed by atoms with Crippen LogP contribution in [0.4, 0.5) is 0 Å². The molecule has 0 spiro atoms. The molecule has 1 heterocycles. The fourth-order valence-corrected chi connectivity index (χ4v) is 3.42. The van der Waals surface area contributed by atoms with Crippen molar-refractivity contribution in [1.82, 2.24) is 10.2 Å². The number of ether oxygens (including phenoxy) is 1. The van der Waals surface area contributed by atoms with Gasteiger partial charge in [-0.05, 0) is 32.7 Å². The zero-order valence-electron chi connectivity index (χ0n) is 13.0. The Hall–Kier alpha value is -0.120. The fraction of sp³-hybridized carbons (Fsp3) is 1.00. The van der Waals surface area contributed by atoms with Gasteiger partial charge in [0.05, 0.1) is 12.2 Å². The van der Waals surface area contributed by atoms with E-state index in [9.17, 15) is 0 Å². The second-order valence-corrected chi connectivity index (χ2v) is 6.75. The van der Waals surface area contributed by atoms with Crippen molar-refractivity contribution >= 4 is 0 Å². The van der Waals surface area contributed by atoms with E-state index in [0.29, 0.717) is 18.2 Å². The Morgan fingerprint density at radius 1 is 1.05 bits per heavy atom. The number of rotatable bonds is 6. The van der Waals surface area contributed by atoms with E-state index < -0.39 is 0 Å². The third kappa shape index (κ3) is 5.05. The molecule has 2 aliphatic rings. The van der Waals surface area contributed by atoms with Gasteiger partial charge in [0.25, 0.3) is 0 Å². The molecular formula is C16H32N2O. The number of likely N-dealkylation sites (N-methyl/N-ethyl adjacent to an activating group) is 1. The maximum Gasteiger partial charge on any atom is 0.0707 e. The Kier molecular flexibility index (Phi) is 6.11. The minimum absolute atomic E-state index is 0.437. The van der Waals surface area contributed by atoms with Gasteiger partial charge in [-0.1, -0.05) is 33.1 Å². The first kappa shape index (κ1) is 15.3. The molecule has 0 amide bonds. The van der Waals surface area contributed by atoms with Gasteiger partial charge in [0, 0.05) is 25.2 Å². The van der Waals surface area contributed by atoms with Crippen LogP contribution >= 0.6 is 0 Å². The monoisotopic (exact) mass is 268 g/mol. The van der Waals surface area contributed by atoms with Gasteiger partial charge in [-0.15, -0.1) is 0 Å². The van der Waals surface area contributed by atoms with Gasteiger partial charge >= 0.3 is 0 Å². The summed E-state index contributed by atoms with van der Waals surface area (Å²) in [6, 6.07) is 1.37. The van der Waals surface area contributed by atoms with E-state index in [1.807, 2.05) is 0 Å². The molecule has 1 saturated heterocycles. The van der Waals surface area contributed by atoms with Gasteiger partial charge in [0.15, 0.2) is 0 Å². The molecular weight excluding hydrogens is 236 g/mol. The molecule has 2 atom stereocenters. The summed E-state index contributed by atoms with van der Waals surface area (Å²) in [5.74, 6) is 0. The average Bonchev–Trinajstić information content (AvgIpc) is 2.85. The zero-order valence-corrected chi connectivity index (χ0v) is 13.0. The van der Waals surface area contributed by atoms with E-state index in [1.54, 1.807) is 0 Å². The SMILES string of the molecule is CC(C)NCC1CCC(CN(C)C2CCCCC2)O1. The number of nitrogens with one attached hydrogen (secondary N) is 1. The fourth-order valence-electron chi connectivity index (χ4n) is 3.42. The normalized spacial score (nSPS) is 29.5. The summed E-state index contributed by atoms with van der Waals surface area (Å²) in [6.07, 6.45) is 10.4. The van der Waals surface area contributed by atoms with Crippen LogP contribution < -0.4 is 5.32 Å². The first-order chi connectivity index (χ1) is 9.15. The first-order valence-corrected chi connectivity index (χ1v) is 8.24. The molecule has 2 fully saturated rings. The highest BCUT2D eigenvalue weighted by atomic mass is 16.5. The molecule has 112 valence electrons. The molecule has 2 unspecified atom stereocenters. The maximum absolute atomic E-state index is 6.17. The number of nitrogens with zero attached hydrogens (tertiary/aromatic N) is 1. The van der Waals surface area contributed by atoms with Gasteiger partial charge in [-0.2, -0.15) is 0 Å². The molecule has 0 bridgehead atoms. The van der Waals surface area contributed by atoms with Crippen LogP contribution in [-0.4, -0.2) is 49.3 Å². The summed E-state index contributed by atoms with van der Waals surface area (Å²) in [7, 11) is 2.29. The summed E-state index contributed by atoms with van der Waals surface area (Å²) < 4.78 is 6.17. The zero-order chi connectivity index (χ0) is 13.7. The number of hydrogen-bond donors (Lipinski definition) is 1. The second kappa shape index (κ2) is 7.61. The van der Waals surface area contributed by atoms with Crippen LogP contribution in [0.15, 0.2) is 0 Å². The molecule has 0 aromatic heterocycles. The van der Waals surface area contributed by atoms with E-state index in [2.05, 4.69) is 31.1 Å². The van der Waals surface area contributed by atoms with Crippen LogP contribution in [-0.2, 0) is 4.74 Å². The van der Waals surface area contributed by atoms with Gasteiger partial charge in [-0.25, -0.2) is 0 Å². The van der Waals surface area contributed by atoms with Crippen molar-refractivity contribution in [2.45, 2.75) is 83.1 Å². The summed E-state index contributed by atoms with van der Waals surface area (Å²) >= 11 is 0. The summed E-state index contributed by atoms with van der Waals surface area (Å²) in [5, 5.41) is 3.49. The summed E-state index contributed by atoms with van der Waals surface area (Å²) in [6.45, 7) is 6.54. The molecule has 19 heavy (non-hydrogen) atoms. The van der Waals surface area contributed by atoms with E-state index in [0.717, 1.165) is 19.1 Å². The average molecular weight is 268 g/mol. The minimum Gasteiger partial charge on any atom is -0.372 e. The highest BCUT2D eigenvalue weighted by molar-refractivity contribution is 4.81. The van der Waals surface area contributed by atoms with E-state index in [1.165, 1.54) is 44.9 Å². The van der Waals surface area contributed by atoms with Gasteiger partial charge in [-0.3, -0.25) is 0 Å². The maximum atomic E-state index is 6.17. The van der Waals surface area contributed by atoms with Crippen LogP contribution in [0.3, 0.4) is 0 Å². The third-order valence-corrected chi connectivity index (χ3v) is 4.64. The van der Waals surface area contributed by atoms with Crippen molar-refractivity contribution in [3.63, 3.8) is 0 Å². The topological polar surface area (TPSA) is 24.5 Å².